The molecular formula is C28H22BrN3O5S. The summed E-state index contributed by atoms with van der Waals surface area (Å²) in [5.41, 5.74) is 3.62. The summed E-state index contributed by atoms with van der Waals surface area (Å²) in [5.74, 6) is -0.117. The predicted octanol–water partition coefficient (Wildman–Crippen LogP) is 5.89. The topological polar surface area (TPSA) is 109 Å². The van der Waals surface area contributed by atoms with Gasteiger partial charge in [-0.3, -0.25) is 19.3 Å². The number of thioether (sulfide) groups is 1. The normalized spacial score (nSPS) is 13.9. The van der Waals surface area contributed by atoms with Gasteiger partial charge in [-0.2, -0.15) is 5.26 Å². The monoisotopic (exact) mass is 591 g/mol. The van der Waals surface area contributed by atoms with E-state index in [4.69, 9.17) is 14.7 Å². The number of nitrogens with zero attached hydrogens (tertiary/aromatic N) is 2. The second kappa shape index (κ2) is 12.0. The number of nitriles is 1. The highest BCUT2D eigenvalue weighted by Crippen LogP contribution is 2.39. The van der Waals surface area contributed by atoms with E-state index in [9.17, 15) is 14.4 Å². The number of benzene rings is 3. The maximum absolute atomic E-state index is 12.9. The van der Waals surface area contributed by atoms with Crippen molar-refractivity contribution in [1.29, 1.82) is 5.26 Å². The first kappa shape index (κ1) is 27.0. The second-order valence-electron chi connectivity index (χ2n) is 8.32. The lowest BCUT2D eigenvalue weighted by atomic mass is 10.1. The summed E-state index contributed by atoms with van der Waals surface area (Å²) >= 11 is 4.26. The SMILES string of the molecule is COc1cc(/C=C2/SC(=O)N(CC(=O)Nc3cccc(C)c3)C2=O)cc(Br)c1OCc1ccc(C#N)cc1. The van der Waals surface area contributed by atoms with Gasteiger partial charge in [-0.05, 0) is 93.8 Å². The highest BCUT2D eigenvalue weighted by molar-refractivity contribution is 9.10. The first-order chi connectivity index (χ1) is 18.3. The number of carbonyl (C=O) groups is 3. The van der Waals surface area contributed by atoms with Crippen LogP contribution in [0.4, 0.5) is 10.5 Å². The Balaban J connectivity index is 1.46. The molecule has 0 saturated carbocycles. The maximum atomic E-state index is 12.9. The summed E-state index contributed by atoms with van der Waals surface area (Å²) in [6.07, 6.45) is 1.57. The quantitative estimate of drug-likeness (QED) is 0.325. The first-order valence-electron chi connectivity index (χ1n) is 11.4. The molecule has 0 radical (unpaired) electrons. The molecule has 1 heterocycles. The Morgan fingerprint density at radius 2 is 1.92 bits per heavy atom. The van der Waals surface area contributed by atoms with Crippen LogP contribution in [-0.4, -0.2) is 35.6 Å². The lowest BCUT2D eigenvalue weighted by Gasteiger charge is -2.14. The van der Waals surface area contributed by atoms with Crippen molar-refractivity contribution >= 4 is 56.5 Å². The number of anilines is 1. The lowest BCUT2D eigenvalue weighted by Crippen LogP contribution is -2.36. The number of methoxy groups -OCH3 is 1. The summed E-state index contributed by atoms with van der Waals surface area (Å²) in [5, 5.41) is 11.1. The molecule has 0 unspecified atom stereocenters. The summed E-state index contributed by atoms with van der Waals surface area (Å²) in [7, 11) is 1.50. The van der Waals surface area contributed by atoms with Crippen LogP contribution in [-0.2, 0) is 16.2 Å². The molecule has 1 saturated heterocycles. The van der Waals surface area contributed by atoms with Crippen molar-refractivity contribution in [3.05, 3.63) is 92.3 Å². The number of amides is 3. The number of imide groups is 1. The Hall–Kier alpha value is -4.07. The van der Waals surface area contributed by atoms with E-state index >= 15 is 0 Å². The van der Waals surface area contributed by atoms with Gasteiger partial charge in [0.1, 0.15) is 13.2 Å². The molecule has 0 atom stereocenters. The molecule has 0 aliphatic carbocycles. The summed E-state index contributed by atoms with van der Waals surface area (Å²) in [6.45, 7) is 1.77. The zero-order valence-electron chi connectivity index (χ0n) is 20.5. The predicted molar refractivity (Wildman–Crippen MR) is 149 cm³/mol. The minimum Gasteiger partial charge on any atom is -0.493 e. The van der Waals surface area contributed by atoms with Gasteiger partial charge in [0.2, 0.25) is 5.91 Å². The highest BCUT2D eigenvalue weighted by Gasteiger charge is 2.36. The minimum atomic E-state index is -0.546. The molecule has 192 valence electrons. The molecule has 8 nitrogen and oxygen atoms in total. The molecule has 3 amide bonds. The number of hydrogen-bond donors (Lipinski definition) is 1. The van der Waals surface area contributed by atoms with Gasteiger partial charge in [0, 0.05) is 5.69 Å². The molecule has 1 aliphatic rings. The Kier molecular flexibility index (Phi) is 8.51. The third-order valence-electron chi connectivity index (χ3n) is 5.49. The largest absolute Gasteiger partial charge is 0.493 e. The Morgan fingerprint density at radius 3 is 2.61 bits per heavy atom. The van der Waals surface area contributed by atoms with E-state index in [0.29, 0.717) is 32.8 Å². The fraction of sp³-hybridized carbons (Fsp3) is 0.143. The van der Waals surface area contributed by atoms with Crippen LogP contribution in [0.3, 0.4) is 0 Å². The third-order valence-corrected chi connectivity index (χ3v) is 6.99. The fourth-order valence-electron chi connectivity index (χ4n) is 3.65. The third kappa shape index (κ3) is 6.43. The van der Waals surface area contributed by atoms with Crippen LogP contribution >= 0.6 is 27.7 Å². The molecular weight excluding hydrogens is 570 g/mol. The van der Waals surface area contributed by atoms with E-state index in [1.807, 2.05) is 31.2 Å². The van der Waals surface area contributed by atoms with E-state index < -0.39 is 17.1 Å². The zero-order chi connectivity index (χ0) is 27.2. The molecule has 1 N–H and O–H groups in total. The Morgan fingerprint density at radius 1 is 1.16 bits per heavy atom. The molecule has 4 rings (SSSR count). The molecule has 1 fully saturated rings. The minimum absolute atomic E-state index is 0.193. The molecule has 10 heteroatoms. The molecule has 3 aromatic rings. The highest BCUT2D eigenvalue weighted by atomic mass is 79.9. The standard InChI is InChI=1S/C28H22BrN3O5S/c1-17-4-3-5-21(10-17)31-25(33)15-32-27(34)24(38-28(32)35)13-20-11-22(29)26(23(12-20)36-2)37-16-19-8-6-18(14-30)7-9-19/h3-13H,15-16H2,1-2H3,(H,31,33)/b24-13+. The van der Waals surface area contributed by atoms with Crippen molar-refractivity contribution in [3.63, 3.8) is 0 Å². The van der Waals surface area contributed by atoms with Crippen LogP contribution in [0.25, 0.3) is 6.08 Å². The van der Waals surface area contributed by atoms with Gasteiger partial charge in [-0.25, -0.2) is 0 Å². The van der Waals surface area contributed by atoms with Gasteiger partial charge in [0.15, 0.2) is 11.5 Å². The van der Waals surface area contributed by atoms with E-state index in [1.54, 1.807) is 42.5 Å². The van der Waals surface area contributed by atoms with Gasteiger partial charge in [-0.1, -0.05) is 24.3 Å². The van der Waals surface area contributed by atoms with Crippen LogP contribution in [0.15, 0.2) is 70.0 Å². The number of ether oxygens (including phenoxy) is 2. The van der Waals surface area contributed by atoms with Gasteiger partial charge in [0.05, 0.1) is 28.1 Å². The molecule has 38 heavy (non-hydrogen) atoms. The summed E-state index contributed by atoms with van der Waals surface area (Å²) < 4.78 is 12.0. The second-order valence-corrected chi connectivity index (χ2v) is 10.2. The Labute approximate surface area is 232 Å². The van der Waals surface area contributed by atoms with Crippen LogP contribution in [0.1, 0.15) is 22.3 Å². The van der Waals surface area contributed by atoms with Crippen LogP contribution in [0, 0.1) is 18.3 Å². The number of aryl methyl sites for hydroxylation is 1. The smallest absolute Gasteiger partial charge is 0.294 e. The van der Waals surface area contributed by atoms with E-state index in [2.05, 4.69) is 27.3 Å². The van der Waals surface area contributed by atoms with Gasteiger partial charge >= 0.3 is 0 Å². The number of carbonyl (C=O) groups excluding carboxylic acids is 3. The van der Waals surface area contributed by atoms with Crippen molar-refractivity contribution in [2.45, 2.75) is 13.5 Å². The van der Waals surface area contributed by atoms with Crippen LogP contribution < -0.4 is 14.8 Å². The van der Waals surface area contributed by atoms with Crippen molar-refractivity contribution in [3.8, 4) is 17.6 Å². The summed E-state index contributed by atoms with van der Waals surface area (Å²) in [4.78, 5) is 39.0. The number of hydrogen-bond acceptors (Lipinski definition) is 7. The van der Waals surface area contributed by atoms with Gasteiger partial charge in [0.25, 0.3) is 11.1 Å². The number of rotatable bonds is 8. The average molecular weight is 592 g/mol. The Bertz CT molecular complexity index is 1480. The summed E-state index contributed by atoms with van der Waals surface area (Å²) in [6, 6.07) is 19.8. The van der Waals surface area contributed by atoms with E-state index in [0.717, 1.165) is 27.8 Å². The van der Waals surface area contributed by atoms with Crippen molar-refractivity contribution in [1.82, 2.24) is 4.90 Å². The van der Waals surface area contributed by atoms with Gasteiger partial charge in [-0.15, -0.1) is 0 Å². The molecule has 0 bridgehead atoms. The molecule has 3 aromatic carbocycles. The van der Waals surface area contributed by atoms with Crippen LogP contribution in [0.5, 0.6) is 11.5 Å². The molecule has 1 aliphatic heterocycles. The van der Waals surface area contributed by atoms with Gasteiger partial charge < -0.3 is 14.8 Å². The maximum Gasteiger partial charge on any atom is 0.294 e. The van der Waals surface area contributed by atoms with E-state index in [1.165, 1.54) is 7.11 Å². The number of halogens is 1. The molecule has 0 aromatic heterocycles. The van der Waals surface area contributed by atoms with Crippen molar-refractivity contribution in [2.24, 2.45) is 0 Å². The van der Waals surface area contributed by atoms with Crippen molar-refractivity contribution in [2.75, 3.05) is 19.0 Å². The number of nitrogens with one attached hydrogen (secondary N) is 1. The average Bonchev–Trinajstić information content (AvgIpc) is 3.15. The zero-order valence-corrected chi connectivity index (χ0v) is 22.9. The fourth-order valence-corrected chi connectivity index (χ4v) is 5.06. The van der Waals surface area contributed by atoms with Crippen LogP contribution in [0.2, 0.25) is 0 Å². The first-order valence-corrected chi connectivity index (χ1v) is 13.0. The van der Waals surface area contributed by atoms with Crippen molar-refractivity contribution < 1.29 is 23.9 Å². The van der Waals surface area contributed by atoms with E-state index in [-0.39, 0.29) is 18.1 Å². The molecule has 0 spiro atoms. The lowest BCUT2D eigenvalue weighted by molar-refractivity contribution is -0.127.